The fourth-order valence-electron chi connectivity index (χ4n) is 9.94. The molecular weight excluding hydrogens is 753 g/mol. The minimum Gasteiger partial charge on any atom is -0.264 e. The summed E-state index contributed by atoms with van der Waals surface area (Å²) in [5.41, 5.74) is 20.2. The standard InChI is InChI=1S/C58H42N4/c59-37-39-17-30-52-51(34-39)56-50(15-8-16-53(56)58(52)31-5-2-6-32-58)44-26-22-41(23-27-44)40-18-20-42(21-19-40)47-12-7-13-48(35-47)55-36-54(61-57(62-55)46-10-3-1-4-11-46)45-28-24-43(25-29-45)49-14-9-33-60-38-49/h1,3-4,7-30,33-36,38H,2,5-6,31-32H2. The van der Waals surface area contributed by atoms with E-state index in [9.17, 15) is 5.26 Å². The molecule has 0 unspecified atom stereocenters. The number of aromatic nitrogens is 3. The van der Waals surface area contributed by atoms with Crippen LogP contribution in [-0.2, 0) is 5.41 Å². The Morgan fingerprint density at radius 1 is 0.419 bits per heavy atom. The lowest BCUT2D eigenvalue weighted by Crippen LogP contribution is -2.28. The van der Waals surface area contributed by atoms with Gasteiger partial charge in [-0.1, -0.05) is 171 Å². The van der Waals surface area contributed by atoms with Crippen LogP contribution in [0.15, 0.2) is 194 Å². The van der Waals surface area contributed by atoms with E-state index < -0.39 is 0 Å². The summed E-state index contributed by atoms with van der Waals surface area (Å²) in [7, 11) is 0. The lowest BCUT2D eigenvalue weighted by atomic mass is 9.67. The molecular formula is C58H42N4. The van der Waals surface area contributed by atoms with E-state index in [1.807, 2.05) is 36.5 Å². The van der Waals surface area contributed by atoms with Gasteiger partial charge >= 0.3 is 0 Å². The van der Waals surface area contributed by atoms with Crippen LogP contribution in [-0.4, -0.2) is 15.0 Å². The van der Waals surface area contributed by atoms with Crippen LogP contribution in [0.2, 0.25) is 0 Å². The number of nitrogens with zero attached hydrogens (tertiary/aromatic N) is 4. The lowest BCUT2D eigenvalue weighted by Gasteiger charge is -2.36. The maximum Gasteiger partial charge on any atom is 0.160 e. The van der Waals surface area contributed by atoms with E-state index in [-0.39, 0.29) is 5.41 Å². The second-order valence-corrected chi connectivity index (χ2v) is 16.6. The van der Waals surface area contributed by atoms with Crippen molar-refractivity contribution < 1.29 is 0 Å². The van der Waals surface area contributed by atoms with Gasteiger partial charge in [0.05, 0.1) is 23.0 Å². The van der Waals surface area contributed by atoms with E-state index in [0.717, 1.165) is 55.9 Å². The third-order valence-electron chi connectivity index (χ3n) is 13.1. The summed E-state index contributed by atoms with van der Waals surface area (Å²) in [4.78, 5) is 14.5. The van der Waals surface area contributed by atoms with Crippen LogP contribution in [0, 0.1) is 11.3 Å². The molecule has 2 aromatic heterocycles. The Hall–Kier alpha value is -7.74. The zero-order chi connectivity index (χ0) is 41.5. The average molecular weight is 795 g/mol. The highest BCUT2D eigenvalue weighted by Crippen LogP contribution is 2.58. The number of nitriles is 1. The van der Waals surface area contributed by atoms with Gasteiger partial charge in [0.1, 0.15) is 0 Å². The van der Waals surface area contributed by atoms with Crippen LogP contribution in [0.1, 0.15) is 48.8 Å². The molecule has 1 spiro atoms. The van der Waals surface area contributed by atoms with Crippen LogP contribution in [0.4, 0.5) is 0 Å². The fourth-order valence-corrected chi connectivity index (χ4v) is 9.94. The molecule has 4 heteroatoms. The van der Waals surface area contributed by atoms with E-state index in [4.69, 9.17) is 9.97 Å². The molecule has 62 heavy (non-hydrogen) atoms. The highest BCUT2D eigenvalue weighted by atomic mass is 14.9. The maximum atomic E-state index is 9.85. The third-order valence-corrected chi connectivity index (χ3v) is 13.1. The van der Waals surface area contributed by atoms with E-state index in [0.29, 0.717) is 5.82 Å². The van der Waals surface area contributed by atoms with Crippen LogP contribution in [0.3, 0.4) is 0 Å². The molecule has 0 radical (unpaired) electrons. The average Bonchev–Trinajstić information content (AvgIpc) is 3.62. The lowest BCUT2D eigenvalue weighted by molar-refractivity contribution is 0.353. The number of fused-ring (bicyclic) bond motifs is 5. The summed E-state index contributed by atoms with van der Waals surface area (Å²) in [6, 6.07) is 66.9. The first-order chi connectivity index (χ1) is 30.6. The number of benzene rings is 7. The third kappa shape index (κ3) is 6.69. The zero-order valence-electron chi connectivity index (χ0n) is 34.3. The van der Waals surface area contributed by atoms with Crippen molar-refractivity contribution >= 4 is 0 Å². The summed E-state index contributed by atoms with van der Waals surface area (Å²) in [5.74, 6) is 0.693. The molecule has 0 saturated heterocycles. The highest BCUT2D eigenvalue weighted by molar-refractivity contribution is 5.93. The molecule has 7 aromatic carbocycles. The van der Waals surface area contributed by atoms with Crippen molar-refractivity contribution in [2.75, 3.05) is 0 Å². The Kier molecular flexibility index (Phi) is 9.44. The zero-order valence-corrected chi connectivity index (χ0v) is 34.3. The van der Waals surface area contributed by atoms with Crippen LogP contribution in [0.5, 0.6) is 0 Å². The van der Waals surface area contributed by atoms with Crippen molar-refractivity contribution in [2.24, 2.45) is 0 Å². The second kappa shape index (κ2) is 15.7. The van der Waals surface area contributed by atoms with Crippen molar-refractivity contribution in [3.05, 3.63) is 211 Å². The van der Waals surface area contributed by atoms with E-state index >= 15 is 0 Å². The largest absolute Gasteiger partial charge is 0.264 e. The molecule has 294 valence electrons. The van der Waals surface area contributed by atoms with E-state index in [2.05, 4.69) is 163 Å². The first kappa shape index (κ1) is 37.3. The van der Waals surface area contributed by atoms with Gasteiger partial charge in [-0.05, 0) is 110 Å². The summed E-state index contributed by atoms with van der Waals surface area (Å²) in [6.07, 6.45) is 9.79. The Morgan fingerprint density at radius 3 is 1.71 bits per heavy atom. The number of hydrogen-bond acceptors (Lipinski definition) is 4. The molecule has 0 N–H and O–H groups in total. The molecule has 4 nitrogen and oxygen atoms in total. The summed E-state index contributed by atoms with van der Waals surface area (Å²) >= 11 is 0. The van der Waals surface area contributed by atoms with Crippen molar-refractivity contribution in [1.29, 1.82) is 5.26 Å². The second-order valence-electron chi connectivity index (χ2n) is 16.6. The Labute approximate surface area is 362 Å². The van der Waals surface area contributed by atoms with Gasteiger partial charge in [0.15, 0.2) is 5.82 Å². The predicted octanol–water partition coefficient (Wildman–Crippen LogP) is 14.6. The Bertz CT molecular complexity index is 3120. The molecule has 1 saturated carbocycles. The Morgan fingerprint density at radius 2 is 1.02 bits per heavy atom. The predicted molar refractivity (Wildman–Crippen MR) is 252 cm³/mol. The van der Waals surface area contributed by atoms with E-state index in [1.54, 1.807) is 6.20 Å². The van der Waals surface area contributed by atoms with Crippen molar-refractivity contribution in [1.82, 2.24) is 15.0 Å². The topological polar surface area (TPSA) is 62.5 Å². The van der Waals surface area contributed by atoms with Gasteiger partial charge in [-0.15, -0.1) is 0 Å². The number of pyridine rings is 1. The number of rotatable bonds is 7. The molecule has 0 bridgehead atoms. The first-order valence-corrected chi connectivity index (χ1v) is 21.6. The van der Waals surface area contributed by atoms with Crippen molar-refractivity contribution in [2.45, 2.75) is 37.5 Å². The van der Waals surface area contributed by atoms with Gasteiger partial charge in [-0.3, -0.25) is 4.98 Å². The van der Waals surface area contributed by atoms with Crippen molar-refractivity contribution in [3.8, 4) is 95.6 Å². The summed E-state index contributed by atoms with van der Waals surface area (Å²) < 4.78 is 0. The van der Waals surface area contributed by atoms with Crippen LogP contribution >= 0.6 is 0 Å². The van der Waals surface area contributed by atoms with Gasteiger partial charge in [0, 0.05) is 34.5 Å². The molecule has 0 aliphatic heterocycles. The molecule has 0 atom stereocenters. The fraction of sp³-hybridized carbons (Fsp3) is 0.103. The van der Waals surface area contributed by atoms with Crippen LogP contribution < -0.4 is 0 Å². The van der Waals surface area contributed by atoms with Crippen LogP contribution in [0.25, 0.3) is 89.5 Å². The van der Waals surface area contributed by atoms with Gasteiger partial charge in [-0.25, -0.2) is 9.97 Å². The molecule has 11 rings (SSSR count). The SMILES string of the molecule is N#Cc1ccc2c(c1)-c1c(-c3ccc(-c4ccc(-c5cccc(-c6cc(-c7ccc(-c8cccnc8)cc7)nc(-c7ccccc7)n6)c5)cc4)cc3)cccc1C21CCCCC1. The Balaban J connectivity index is 0.886. The molecule has 9 aromatic rings. The molecule has 2 heterocycles. The smallest absolute Gasteiger partial charge is 0.160 e. The minimum atomic E-state index is 0.0469. The summed E-state index contributed by atoms with van der Waals surface area (Å²) in [5, 5.41) is 9.85. The molecule has 0 amide bonds. The maximum absolute atomic E-state index is 9.85. The minimum absolute atomic E-state index is 0.0469. The van der Waals surface area contributed by atoms with Gasteiger partial charge in [0.2, 0.25) is 0 Å². The normalized spacial score (nSPS) is 13.6. The monoisotopic (exact) mass is 794 g/mol. The van der Waals surface area contributed by atoms with Crippen molar-refractivity contribution in [3.63, 3.8) is 0 Å². The first-order valence-electron chi connectivity index (χ1n) is 21.6. The quantitative estimate of drug-likeness (QED) is 0.161. The van der Waals surface area contributed by atoms with E-state index in [1.165, 1.54) is 76.6 Å². The molecule has 1 fully saturated rings. The van der Waals surface area contributed by atoms with Gasteiger partial charge < -0.3 is 0 Å². The summed E-state index contributed by atoms with van der Waals surface area (Å²) in [6.45, 7) is 0. The van der Waals surface area contributed by atoms with Gasteiger partial charge in [0.25, 0.3) is 0 Å². The molecule has 2 aliphatic rings. The highest BCUT2D eigenvalue weighted by Gasteiger charge is 2.44. The van der Waals surface area contributed by atoms with Gasteiger partial charge in [-0.2, -0.15) is 5.26 Å². The number of hydrogen-bond donors (Lipinski definition) is 0. The molecule has 2 aliphatic carbocycles.